The van der Waals surface area contributed by atoms with Crippen molar-refractivity contribution < 1.29 is 9.53 Å². The predicted octanol–water partition coefficient (Wildman–Crippen LogP) is 3.56. The molecule has 1 aliphatic rings. The second-order valence-corrected chi connectivity index (χ2v) is 6.81. The highest BCUT2D eigenvalue weighted by atomic mass is 32.1. The SMILES string of the molecule is O=C(NCc1cccs1)N1CCC(Oc2ccsc2)CC1. The fourth-order valence-corrected chi connectivity index (χ4v) is 3.58. The van der Waals surface area contributed by atoms with Crippen molar-refractivity contribution in [1.82, 2.24) is 10.2 Å². The van der Waals surface area contributed by atoms with Crippen molar-refractivity contribution in [2.24, 2.45) is 0 Å². The summed E-state index contributed by atoms with van der Waals surface area (Å²) in [6.45, 7) is 2.12. The maximum Gasteiger partial charge on any atom is 0.317 e. The van der Waals surface area contributed by atoms with Gasteiger partial charge in [0.05, 0.1) is 6.54 Å². The van der Waals surface area contributed by atoms with Gasteiger partial charge in [0.2, 0.25) is 0 Å². The van der Waals surface area contributed by atoms with Gasteiger partial charge in [-0.15, -0.1) is 22.7 Å². The Morgan fingerprint density at radius 2 is 2.19 bits per heavy atom. The molecule has 2 aromatic heterocycles. The summed E-state index contributed by atoms with van der Waals surface area (Å²) in [5, 5.41) is 9.03. The van der Waals surface area contributed by atoms with Crippen molar-refractivity contribution in [2.75, 3.05) is 13.1 Å². The van der Waals surface area contributed by atoms with E-state index in [0.29, 0.717) is 6.54 Å². The van der Waals surface area contributed by atoms with Crippen LogP contribution in [0.15, 0.2) is 34.3 Å². The van der Waals surface area contributed by atoms with Gasteiger partial charge in [-0.1, -0.05) is 6.07 Å². The number of thiophene rings is 2. The van der Waals surface area contributed by atoms with E-state index in [1.165, 1.54) is 4.88 Å². The maximum absolute atomic E-state index is 12.1. The van der Waals surface area contributed by atoms with E-state index in [2.05, 4.69) is 5.32 Å². The van der Waals surface area contributed by atoms with Gasteiger partial charge >= 0.3 is 6.03 Å². The Bertz CT molecular complexity index is 546. The standard InChI is InChI=1S/C15H18N2O2S2/c18-15(16-10-14-2-1-8-21-14)17-6-3-12(4-7-17)19-13-5-9-20-11-13/h1-2,5,8-9,11-12H,3-4,6-7,10H2,(H,16,18). The number of carbonyl (C=O) groups is 1. The van der Waals surface area contributed by atoms with E-state index in [1.54, 1.807) is 22.7 Å². The Balaban J connectivity index is 1.41. The van der Waals surface area contributed by atoms with E-state index in [-0.39, 0.29) is 12.1 Å². The minimum Gasteiger partial charge on any atom is -0.489 e. The van der Waals surface area contributed by atoms with E-state index < -0.39 is 0 Å². The zero-order chi connectivity index (χ0) is 14.5. The Hall–Kier alpha value is -1.53. The second-order valence-electron chi connectivity index (χ2n) is 5.00. The highest BCUT2D eigenvalue weighted by molar-refractivity contribution is 7.09. The molecule has 0 radical (unpaired) electrons. The zero-order valence-electron chi connectivity index (χ0n) is 11.7. The first-order valence-electron chi connectivity index (χ1n) is 7.05. The topological polar surface area (TPSA) is 41.6 Å². The highest BCUT2D eigenvalue weighted by Crippen LogP contribution is 2.21. The molecule has 0 atom stereocenters. The molecule has 4 nitrogen and oxygen atoms in total. The lowest BCUT2D eigenvalue weighted by molar-refractivity contribution is 0.111. The molecular formula is C15H18N2O2S2. The monoisotopic (exact) mass is 322 g/mol. The molecule has 2 amide bonds. The minimum atomic E-state index is 0.0254. The van der Waals surface area contributed by atoms with Crippen LogP contribution in [0.3, 0.4) is 0 Å². The van der Waals surface area contributed by atoms with E-state index in [4.69, 9.17) is 4.74 Å². The van der Waals surface area contributed by atoms with Gasteiger partial charge in [0.25, 0.3) is 0 Å². The van der Waals surface area contributed by atoms with Gasteiger partial charge in [0, 0.05) is 36.2 Å². The van der Waals surface area contributed by atoms with Crippen LogP contribution in [0.4, 0.5) is 4.79 Å². The third kappa shape index (κ3) is 3.98. The van der Waals surface area contributed by atoms with Crippen molar-refractivity contribution in [1.29, 1.82) is 0 Å². The third-order valence-corrected chi connectivity index (χ3v) is 5.06. The summed E-state index contributed by atoms with van der Waals surface area (Å²) in [6, 6.07) is 6.05. The summed E-state index contributed by atoms with van der Waals surface area (Å²) in [5.41, 5.74) is 0. The van der Waals surface area contributed by atoms with Crippen LogP contribution >= 0.6 is 22.7 Å². The van der Waals surface area contributed by atoms with Crippen molar-refractivity contribution in [3.8, 4) is 5.75 Å². The molecule has 0 aliphatic carbocycles. The fraction of sp³-hybridized carbons (Fsp3) is 0.400. The van der Waals surface area contributed by atoms with E-state index >= 15 is 0 Å². The van der Waals surface area contributed by atoms with E-state index in [9.17, 15) is 4.79 Å². The number of piperidine rings is 1. The predicted molar refractivity (Wildman–Crippen MR) is 86.1 cm³/mol. The molecule has 3 heterocycles. The molecule has 1 saturated heterocycles. The molecule has 0 saturated carbocycles. The molecule has 0 bridgehead atoms. The van der Waals surface area contributed by atoms with Crippen LogP contribution in [-0.4, -0.2) is 30.1 Å². The first-order valence-corrected chi connectivity index (χ1v) is 8.87. The lowest BCUT2D eigenvalue weighted by Gasteiger charge is -2.32. The van der Waals surface area contributed by atoms with Gasteiger partial charge in [-0.05, 0) is 22.9 Å². The van der Waals surface area contributed by atoms with Gasteiger partial charge in [-0.3, -0.25) is 0 Å². The average molecular weight is 322 g/mol. The lowest BCUT2D eigenvalue weighted by atomic mass is 10.1. The first-order chi connectivity index (χ1) is 10.3. The smallest absolute Gasteiger partial charge is 0.317 e. The van der Waals surface area contributed by atoms with Gasteiger partial charge in [0.1, 0.15) is 11.9 Å². The van der Waals surface area contributed by atoms with Gasteiger partial charge < -0.3 is 15.0 Å². The molecular weight excluding hydrogens is 304 g/mol. The number of hydrogen-bond donors (Lipinski definition) is 1. The van der Waals surface area contributed by atoms with Crippen LogP contribution in [0.25, 0.3) is 0 Å². The molecule has 6 heteroatoms. The zero-order valence-corrected chi connectivity index (χ0v) is 13.3. The van der Waals surface area contributed by atoms with Crippen LogP contribution in [0.5, 0.6) is 5.75 Å². The number of carbonyl (C=O) groups excluding carboxylic acids is 1. The average Bonchev–Trinajstić information content (AvgIpc) is 3.19. The maximum atomic E-state index is 12.1. The Morgan fingerprint density at radius 1 is 1.33 bits per heavy atom. The van der Waals surface area contributed by atoms with E-state index in [1.807, 2.05) is 39.2 Å². The van der Waals surface area contributed by atoms with Gasteiger partial charge in [0.15, 0.2) is 0 Å². The third-order valence-electron chi connectivity index (χ3n) is 3.52. The number of nitrogens with zero attached hydrogens (tertiary/aromatic N) is 1. The normalized spacial score (nSPS) is 15.9. The van der Waals surface area contributed by atoms with Crippen LogP contribution in [-0.2, 0) is 6.54 Å². The van der Waals surface area contributed by atoms with Crippen LogP contribution in [0.1, 0.15) is 17.7 Å². The molecule has 3 rings (SSSR count). The molecule has 0 unspecified atom stereocenters. The summed E-state index contributed by atoms with van der Waals surface area (Å²) in [4.78, 5) is 15.2. The van der Waals surface area contributed by atoms with Crippen LogP contribution < -0.4 is 10.1 Å². The molecule has 0 aromatic carbocycles. The molecule has 2 aromatic rings. The molecule has 21 heavy (non-hydrogen) atoms. The number of nitrogens with one attached hydrogen (secondary N) is 1. The number of amides is 2. The Morgan fingerprint density at radius 3 is 2.86 bits per heavy atom. The second kappa shape index (κ2) is 6.95. The largest absolute Gasteiger partial charge is 0.489 e. The summed E-state index contributed by atoms with van der Waals surface area (Å²) in [5.74, 6) is 0.945. The number of ether oxygens (including phenoxy) is 1. The minimum absolute atomic E-state index is 0.0254. The summed E-state index contributed by atoms with van der Waals surface area (Å²) < 4.78 is 5.90. The molecule has 1 N–H and O–H groups in total. The Labute approximate surface area is 132 Å². The van der Waals surface area contributed by atoms with Crippen molar-refractivity contribution in [3.05, 3.63) is 39.2 Å². The van der Waals surface area contributed by atoms with Crippen LogP contribution in [0.2, 0.25) is 0 Å². The molecule has 1 aliphatic heterocycles. The molecule has 0 spiro atoms. The lowest BCUT2D eigenvalue weighted by Crippen LogP contribution is -2.46. The number of rotatable bonds is 4. The number of urea groups is 1. The van der Waals surface area contributed by atoms with Gasteiger partial charge in [-0.25, -0.2) is 4.79 Å². The summed E-state index contributed by atoms with van der Waals surface area (Å²) in [6.07, 6.45) is 2.01. The van der Waals surface area contributed by atoms with Crippen LogP contribution in [0, 0.1) is 0 Å². The molecule has 112 valence electrons. The molecule has 1 fully saturated rings. The summed E-state index contributed by atoms with van der Waals surface area (Å²) in [7, 11) is 0. The fourth-order valence-electron chi connectivity index (χ4n) is 2.38. The van der Waals surface area contributed by atoms with E-state index in [0.717, 1.165) is 31.7 Å². The van der Waals surface area contributed by atoms with Gasteiger partial charge in [-0.2, -0.15) is 0 Å². The van der Waals surface area contributed by atoms with Crippen molar-refractivity contribution in [3.63, 3.8) is 0 Å². The number of likely N-dealkylation sites (tertiary alicyclic amines) is 1. The van der Waals surface area contributed by atoms with Crippen molar-refractivity contribution in [2.45, 2.75) is 25.5 Å². The summed E-state index contributed by atoms with van der Waals surface area (Å²) >= 11 is 3.30. The van der Waals surface area contributed by atoms with Crippen molar-refractivity contribution >= 4 is 28.7 Å². The first kappa shape index (κ1) is 14.4. The number of hydrogen-bond acceptors (Lipinski definition) is 4. The quantitative estimate of drug-likeness (QED) is 0.935. The highest BCUT2D eigenvalue weighted by Gasteiger charge is 2.23. The Kier molecular flexibility index (Phi) is 4.77.